The molecule has 43 heavy (non-hydrogen) atoms. The Bertz CT molecular complexity index is 1680. The molecule has 1 N–H and O–H groups in total. The molecule has 0 aromatic heterocycles. The Balaban J connectivity index is 1.80. The molecule has 224 valence electrons. The highest BCUT2D eigenvalue weighted by Crippen LogP contribution is 2.27. The van der Waals surface area contributed by atoms with Gasteiger partial charge in [0.15, 0.2) is 0 Å². The molecule has 0 aliphatic heterocycles. The molecule has 0 aliphatic carbocycles. The van der Waals surface area contributed by atoms with E-state index in [2.05, 4.69) is 5.32 Å². The lowest BCUT2D eigenvalue weighted by molar-refractivity contribution is -0.139. The third-order valence-corrected chi connectivity index (χ3v) is 9.49. The summed E-state index contributed by atoms with van der Waals surface area (Å²) in [4.78, 5) is 29.2. The van der Waals surface area contributed by atoms with Crippen molar-refractivity contribution in [2.45, 2.75) is 44.7 Å². The van der Waals surface area contributed by atoms with Gasteiger partial charge in [0.25, 0.3) is 10.0 Å². The first-order chi connectivity index (χ1) is 20.5. The molecule has 0 aliphatic rings. The fourth-order valence-electron chi connectivity index (χ4n) is 4.75. The highest BCUT2D eigenvalue weighted by Gasteiger charge is 2.34. The van der Waals surface area contributed by atoms with Gasteiger partial charge < -0.3 is 10.2 Å². The van der Waals surface area contributed by atoms with Gasteiger partial charge in [-0.05, 0) is 79.4 Å². The number of likely N-dealkylation sites (N-methyl/N-ethyl adjacent to an activating group) is 1. The molecule has 1 atom stereocenters. The van der Waals surface area contributed by atoms with Crippen molar-refractivity contribution < 1.29 is 18.0 Å². The van der Waals surface area contributed by atoms with Crippen LogP contribution in [0, 0.1) is 20.8 Å². The first kappa shape index (κ1) is 31.8. The lowest BCUT2D eigenvalue weighted by Crippen LogP contribution is -2.53. The van der Waals surface area contributed by atoms with Gasteiger partial charge in [-0.3, -0.25) is 13.9 Å². The van der Waals surface area contributed by atoms with Crippen LogP contribution in [-0.2, 0) is 32.6 Å². The average Bonchev–Trinajstić information content (AvgIpc) is 3.00. The number of benzene rings is 4. The third-order valence-electron chi connectivity index (χ3n) is 7.45. The van der Waals surface area contributed by atoms with Crippen LogP contribution in [0.2, 0.25) is 5.02 Å². The summed E-state index contributed by atoms with van der Waals surface area (Å²) in [7, 11) is -2.63. The van der Waals surface area contributed by atoms with Crippen molar-refractivity contribution in [3.05, 3.63) is 130 Å². The quantitative estimate of drug-likeness (QED) is 0.229. The van der Waals surface area contributed by atoms with Gasteiger partial charge in [-0.15, -0.1) is 0 Å². The molecule has 9 heteroatoms. The molecule has 0 saturated carbocycles. The summed E-state index contributed by atoms with van der Waals surface area (Å²) in [5.74, 6) is -0.876. The maximum absolute atomic E-state index is 14.3. The Hall–Kier alpha value is -4.14. The van der Waals surface area contributed by atoms with Crippen molar-refractivity contribution in [3.63, 3.8) is 0 Å². The minimum absolute atomic E-state index is 0.0699. The van der Waals surface area contributed by atoms with E-state index in [0.29, 0.717) is 10.7 Å². The number of carbonyl (C=O) groups excluding carboxylic acids is 2. The van der Waals surface area contributed by atoms with Crippen molar-refractivity contribution in [1.29, 1.82) is 0 Å². The van der Waals surface area contributed by atoms with Gasteiger partial charge in [0.1, 0.15) is 12.6 Å². The van der Waals surface area contributed by atoms with Crippen molar-refractivity contribution in [3.8, 4) is 0 Å². The molecule has 2 amide bonds. The highest BCUT2D eigenvalue weighted by molar-refractivity contribution is 7.92. The zero-order chi connectivity index (χ0) is 31.1. The summed E-state index contributed by atoms with van der Waals surface area (Å²) in [6.07, 6.45) is 0.244. The predicted molar refractivity (Wildman–Crippen MR) is 172 cm³/mol. The Kier molecular flexibility index (Phi) is 10.3. The van der Waals surface area contributed by atoms with Gasteiger partial charge in [0.05, 0.1) is 10.6 Å². The maximum atomic E-state index is 14.3. The van der Waals surface area contributed by atoms with E-state index in [0.717, 1.165) is 32.1 Å². The molecule has 4 aromatic rings. The number of sulfonamides is 1. The minimum atomic E-state index is -4.15. The van der Waals surface area contributed by atoms with Gasteiger partial charge in [0, 0.05) is 25.0 Å². The van der Waals surface area contributed by atoms with E-state index in [1.54, 1.807) is 48.5 Å². The number of aryl methyl sites for hydroxylation is 3. The summed E-state index contributed by atoms with van der Waals surface area (Å²) in [6, 6.07) is 27.3. The van der Waals surface area contributed by atoms with Gasteiger partial charge >= 0.3 is 0 Å². The topological polar surface area (TPSA) is 86.8 Å². The van der Waals surface area contributed by atoms with E-state index in [4.69, 9.17) is 11.6 Å². The van der Waals surface area contributed by atoms with Crippen LogP contribution in [0.1, 0.15) is 27.8 Å². The van der Waals surface area contributed by atoms with Crippen LogP contribution in [0.25, 0.3) is 0 Å². The summed E-state index contributed by atoms with van der Waals surface area (Å²) in [5, 5.41) is 3.23. The smallest absolute Gasteiger partial charge is 0.264 e. The first-order valence-electron chi connectivity index (χ1n) is 14.0. The monoisotopic (exact) mass is 617 g/mol. The molecule has 1 unspecified atom stereocenters. The fraction of sp³-hybridized carbons (Fsp3) is 0.235. The number of halogens is 1. The Morgan fingerprint density at radius 1 is 0.814 bits per heavy atom. The molecule has 0 fully saturated rings. The van der Waals surface area contributed by atoms with E-state index in [1.807, 2.05) is 57.2 Å². The second-order valence-corrected chi connectivity index (χ2v) is 12.9. The van der Waals surface area contributed by atoms with E-state index < -0.39 is 28.5 Å². The Labute approximate surface area is 259 Å². The normalized spacial score (nSPS) is 11.9. The predicted octanol–water partition coefficient (Wildman–Crippen LogP) is 5.85. The van der Waals surface area contributed by atoms with Gasteiger partial charge in [-0.1, -0.05) is 77.8 Å². The fourth-order valence-corrected chi connectivity index (χ4v) is 6.29. The lowest BCUT2D eigenvalue weighted by Gasteiger charge is -2.33. The highest BCUT2D eigenvalue weighted by atomic mass is 35.5. The van der Waals surface area contributed by atoms with Crippen LogP contribution in [-0.4, -0.2) is 44.8 Å². The molecule has 4 rings (SSSR count). The number of rotatable bonds is 11. The molecule has 0 radical (unpaired) electrons. The second kappa shape index (κ2) is 13.9. The molecule has 7 nitrogen and oxygen atoms in total. The van der Waals surface area contributed by atoms with Gasteiger partial charge in [0.2, 0.25) is 11.8 Å². The van der Waals surface area contributed by atoms with Crippen LogP contribution in [0.4, 0.5) is 5.69 Å². The molecule has 0 saturated heterocycles. The number of anilines is 1. The second-order valence-electron chi connectivity index (χ2n) is 10.6. The van der Waals surface area contributed by atoms with Crippen LogP contribution >= 0.6 is 11.6 Å². The first-order valence-corrected chi connectivity index (χ1v) is 15.8. The number of hydrogen-bond acceptors (Lipinski definition) is 4. The molecule has 0 heterocycles. The van der Waals surface area contributed by atoms with E-state index >= 15 is 0 Å². The Morgan fingerprint density at radius 3 is 2.07 bits per heavy atom. The SMILES string of the molecule is CNC(=O)C(Cc1ccccc1)N(Cc1ccc(Cl)cc1)C(=O)CN(c1ccc(C)c(C)c1)S(=O)(=O)c1ccc(C)cc1. The third kappa shape index (κ3) is 7.83. The van der Waals surface area contributed by atoms with Crippen LogP contribution < -0.4 is 9.62 Å². The number of carbonyl (C=O) groups is 2. The number of amides is 2. The standard InChI is InChI=1S/C34H36ClN3O4S/c1-24-10-18-31(19-11-24)43(41,42)38(30-17-12-25(2)26(3)20-30)23-33(39)37(22-28-13-15-29(35)16-14-28)32(34(40)36-4)21-27-8-6-5-7-9-27/h5-20,32H,21-23H2,1-4H3,(H,36,40). The summed E-state index contributed by atoms with van der Waals surface area (Å²) < 4.78 is 29.3. The summed E-state index contributed by atoms with van der Waals surface area (Å²) in [6.45, 7) is 5.28. The van der Waals surface area contributed by atoms with Crippen LogP contribution in [0.3, 0.4) is 0 Å². The zero-order valence-corrected chi connectivity index (χ0v) is 26.3. The molecule has 4 aromatic carbocycles. The van der Waals surface area contributed by atoms with Crippen LogP contribution in [0.15, 0.2) is 102 Å². The molecule has 0 spiro atoms. The number of nitrogens with zero attached hydrogens (tertiary/aromatic N) is 2. The number of nitrogens with one attached hydrogen (secondary N) is 1. The molecular formula is C34H36ClN3O4S. The minimum Gasteiger partial charge on any atom is -0.357 e. The number of hydrogen-bond donors (Lipinski definition) is 1. The summed E-state index contributed by atoms with van der Waals surface area (Å²) in [5.41, 5.74) is 4.77. The average molecular weight is 618 g/mol. The van der Waals surface area contributed by atoms with Gasteiger partial charge in [-0.2, -0.15) is 0 Å². The van der Waals surface area contributed by atoms with Crippen molar-refractivity contribution in [1.82, 2.24) is 10.2 Å². The van der Waals surface area contributed by atoms with Crippen molar-refractivity contribution in [2.24, 2.45) is 0 Å². The van der Waals surface area contributed by atoms with E-state index in [-0.39, 0.29) is 23.8 Å². The largest absolute Gasteiger partial charge is 0.357 e. The van der Waals surface area contributed by atoms with Crippen molar-refractivity contribution >= 4 is 39.1 Å². The summed E-state index contributed by atoms with van der Waals surface area (Å²) >= 11 is 6.11. The van der Waals surface area contributed by atoms with Crippen molar-refractivity contribution in [2.75, 3.05) is 17.9 Å². The maximum Gasteiger partial charge on any atom is 0.264 e. The lowest BCUT2D eigenvalue weighted by atomic mass is 10.0. The zero-order valence-electron chi connectivity index (χ0n) is 24.7. The van der Waals surface area contributed by atoms with E-state index in [9.17, 15) is 18.0 Å². The van der Waals surface area contributed by atoms with E-state index in [1.165, 1.54) is 24.1 Å². The molecular weight excluding hydrogens is 582 g/mol. The van der Waals surface area contributed by atoms with Gasteiger partial charge in [-0.25, -0.2) is 8.42 Å². The van der Waals surface area contributed by atoms with Crippen LogP contribution in [0.5, 0.6) is 0 Å². The molecule has 0 bridgehead atoms. The Morgan fingerprint density at radius 2 is 1.47 bits per heavy atom.